The molecular weight excluding hydrogens is 280 g/mol. The van der Waals surface area contributed by atoms with E-state index in [1.54, 1.807) is 0 Å². The maximum absolute atomic E-state index is 13.4. The quantitative estimate of drug-likeness (QED) is 0.728. The molecule has 94 valence electrons. The number of nitrogens with two attached hydrogens (primary N) is 1. The minimum Gasteiger partial charge on any atom is -0.396 e. The van der Waals surface area contributed by atoms with Gasteiger partial charge in [-0.05, 0) is 29.5 Å². The van der Waals surface area contributed by atoms with Crippen molar-refractivity contribution in [3.05, 3.63) is 34.9 Å². The lowest BCUT2D eigenvalue weighted by Gasteiger charge is -2.08. The summed E-state index contributed by atoms with van der Waals surface area (Å²) in [7, 11) is 0. The smallest absolute Gasteiger partial charge is 0.177 e. The summed E-state index contributed by atoms with van der Waals surface area (Å²) >= 11 is 1.34. The van der Waals surface area contributed by atoms with E-state index in [-0.39, 0.29) is 12.4 Å². The van der Waals surface area contributed by atoms with Crippen LogP contribution in [0.4, 0.5) is 20.2 Å². The highest BCUT2D eigenvalue weighted by Gasteiger charge is 2.23. The molecule has 0 unspecified atom stereocenters. The number of aromatic nitrogens is 1. The van der Waals surface area contributed by atoms with Crippen LogP contribution >= 0.6 is 24.4 Å². The highest BCUT2D eigenvalue weighted by Crippen LogP contribution is 2.45. The van der Waals surface area contributed by atoms with Crippen molar-refractivity contribution in [1.29, 1.82) is 0 Å². The van der Waals surface area contributed by atoms with Crippen molar-refractivity contribution in [2.75, 3.05) is 10.5 Å². The Labute approximate surface area is 112 Å². The van der Waals surface area contributed by atoms with Crippen LogP contribution in [0.25, 0.3) is 17.3 Å². The Morgan fingerprint density at radius 3 is 2.83 bits per heavy atom. The number of hydrogen-bond donors (Lipinski definition) is 2. The zero-order valence-electron chi connectivity index (χ0n) is 8.91. The molecule has 0 aromatic carbocycles. The van der Waals surface area contributed by atoms with Crippen molar-refractivity contribution < 1.29 is 8.78 Å². The first-order chi connectivity index (χ1) is 8.18. The van der Waals surface area contributed by atoms with E-state index < -0.39 is 11.6 Å². The molecular formula is C11H8ClF2N3S. The molecule has 3 aliphatic rings. The van der Waals surface area contributed by atoms with Gasteiger partial charge in [0.15, 0.2) is 11.6 Å². The van der Waals surface area contributed by atoms with Crippen LogP contribution in [-0.2, 0) is 0 Å². The van der Waals surface area contributed by atoms with Crippen LogP contribution in [0.2, 0.25) is 0 Å². The van der Waals surface area contributed by atoms with Gasteiger partial charge in [0.1, 0.15) is 0 Å². The molecule has 0 amide bonds. The van der Waals surface area contributed by atoms with E-state index in [4.69, 9.17) is 5.73 Å². The van der Waals surface area contributed by atoms with Crippen LogP contribution in [0.3, 0.4) is 0 Å². The zero-order valence-corrected chi connectivity index (χ0v) is 10.5. The van der Waals surface area contributed by atoms with Crippen LogP contribution in [0.1, 0.15) is 5.56 Å². The van der Waals surface area contributed by atoms with Crippen molar-refractivity contribution >= 4 is 41.8 Å². The van der Waals surface area contributed by atoms with Crippen molar-refractivity contribution in [2.24, 2.45) is 0 Å². The molecule has 0 fully saturated rings. The predicted molar refractivity (Wildman–Crippen MR) is 72.7 cm³/mol. The molecule has 1 aliphatic carbocycles. The van der Waals surface area contributed by atoms with E-state index in [0.29, 0.717) is 22.6 Å². The molecule has 0 aromatic heterocycles. The van der Waals surface area contributed by atoms with Gasteiger partial charge >= 0.3 is 0 Å². The Bertz CT molecular complexity index is 618. The largest absolute Gasteiger partial charge is 0.396 e. The number of anilines is 2. The summed E-state index contributed by atoms with van der Waals surface area (Å²) in [5, 5.41) is 1.83. The molecule has 7 heteroatoms. The van der Waals surface area contributed by atoms with E-state index >= 15 is 0 Å². The monoisotopic (exact) mass is 287 g/mol. The number of nitrogens with one attached hydrogen (secondary N) is 1. The number of hydrogen-bond acceptors (Lipinski definition) is 4. The Balaban J connectivity index is 0.00000120. The molecule has 0 atom stereocenters. The second kappa shape index (κ2) is 4.62. The van der Waals surface area contributed by atoms with Gasteiger partial charge in [0.05, 0.1) is 23.3 Å². The van der Waals surface area contributed by atoms with Crippen molar-refractivity contribution in [2.45, 2.75) is 0 Å². The number of rotatable bonds is 0. The Morgan fingerprint density at radius 2 is 2.06 bits per heavy atom. The molecule has 0 bridgehead atoms. The first-order valence-corrected chi connectivity index (χ1v) is 5.71. The molecule has 18 heavy (non-hydrogen) atoms. The summed E-state index contributed by atoms with van der Waals surface area (Å²) in [6.45, 7) is 0. The van der Waals surface area contributed by atoms with E-state index in [9.17, 15) is 8.78 Å². The SMILES string of the molecule is Cl.Nc1c2ncc(F)c(F)cc-2c2c1C=CSN2. The van der Waals surface area contributed by atoms with Gasteiger partial charge in [-0.15, -0.1) is 12.4 Å². The predicted octanol–water partition coefficient (Wildman–Crippen LogP) is 3.51. The third-order valence-electron chi connectivity index (χ3n) is 2.61. The summed E-state index contributed by atoms with van der Waals surface area (Å²) in [5.74, 6) is -1.94. The lowest BCUT2D eigenvalue weighted by molar-refractivity contribution is 0.509. The Hall–Kier alpha value is -1.53. The van der Waals surface area contributed by atoms with Crippen molar-refractivity contribution in [1.82, 2.24) is 4.98 Å². The maximum atomic E-state index is 13.4. The van der Waals surface area contributed by atoms with Gasteiger partial charge in [-0.2, -0.15) is 0 Å². The van der Waals surface area contributed by atoms with Gasteiger partial charge in [-0.1, -0.05) is 0 Å². The van der Waals surface area contributed by atoms with Gasteiger partial charge in [-0.3, -0.25) is 4.98 Å². The topological polar surface area (TPSA) is 50.9 Å². The van der Waals surface area contributed by atoms with Gasteiger partial charge in [0.25, 0.3) is 0 Å². The molecule has 0 saturated carbocycles. The molecule has 2 aliphatic heterocycles. The minimum absolute atomic E-state index is 0. The first-order valence-electron chi connectivity index (χ1n) is 4.83. The van der Waals surface area contributed by atoms with Crippen LogP contribution in [-0.4, -0.2) is 4.98 Å². The number of fused-ring (bicyclic) bond motifs is 3. The van der Waals surface area contributed by atoms with Gasteiger partial charge < -0.3 is 10.5 Å². The average molecular weight is 288 g/mol. The Kier molecular flexibility index (Phi) is 3.32. The fraction of sp³-hybridized carbons (Fsp3) is 0. The summed E-state index contributed by atoms with van der Waals surface area (Å²) in [5.41, 5.74) is 8.65. The summed E-state index contributed by atoms with van der Waals surface area (Å²) < 4.78 is 29.5. The van der Waals surface area contributed by atoms with Gasteiger partial charge in [0, 0.05) is 11.1 Å². The van der Waals surface area contributed by atoms with Crippen LogP contribution in [0, 0.1) is 11.6 Å². The fourth-order valence-electron chi connectivity index (χ4n) is 1.81. The summed E-state index contributed by atoms with van der Waals surface area (Å²) in [6.07, 6.45) is 2.66. The molecule has 3 N–H and O–H groups in total. The Morgan fingerprint density at radius 1 is 1.28 bits per heavy atom. The highest BCUT2D eigenvalue weighted by atomic mass is 35.5. The third kappa shape index (κ3) is 1.77. The van der Waals surface area contributed by atoms with Crippen LogP contribution in [0.15, 0.2) is 17.7 Å². The van der Waals surface area contributed by atoms with Crippen LogP contribution < -0.4 is 10.5 Å². The summed E-state index contributed by atoms with van der Waals surface area (Å²) in [6, 6.07) is 1.11. The van der Waals surface area contributed by atoms with Gasteiger partial charge in [0.2, 0.25) is 0 Å². The highest BCUT2D eigenvalue weighted by molar-refractivity contribution is 8.03. The third-order valence-corrected chi connectivity index (χ3v) is 3.20. The lowest BCUT2D eigenvalue weighted by Crippen LogP contribution is -1.91. The lowest BCUT2D eigenvalue weighted by atomic mass is 10.2. The number of nitrogen functional groups attached to an aromatic ring is 1. The molecule has 0 aromatic rings. The fourth-order valence-corrected chi connectivity index (χ4v) is 2.42. The molecule has 2 heterocycles. The number of halogens is 3. The van der Waals surface area contributed by atoms with Crippen molar-refractivity contribution in [3.8, 4) is 11.3 Å². The minimum atomic E-state index is -0.992. The average Bonchev–Trinajstić information content (AvgIpc) is 2.50. The second-order valence-electron chi connectivity index (χ2n) is 3.59. The van der Waals surface area contributed by atoms with E-state index in [0.717, 1.165) is 17.8 Å². The maximum Gasteiger partial charge on any atom is 0.177 e. The zero-order chi connectivity index (χ0) is 12.0. The molecule has 0 radical (unpaired) electrons. The normalized spacial score (nSPS) is 12.8. The second-order valence-corrected chi connectivity index (χ2v) is 4.30. The first kappa shape index (κ1) is 12.9. The molecule has 0 spiro atoms. The van der Waals surface area contributed by atoms with E-state index in [1.807, 2.05) is 11.5 Å². The van der Waals surface area contributed by atoms with Gasteiger partial charge in [-0.25, -0.2) is 8.78 Å². The standard InChI is InChI=1S/C11H7F2N3S.ClH/c12-7-3-6-10-5(1-2-17-16-10)9(14)11(6)15-4-8(7)13;/h1-4,16H,14H2;1H. The number of nitrogens with zero attached hydrogens (tertiary/aromatic N) is 1. The summed E-state index contributed by atoms with van der Waals surface area (Å²) in [4.78, 5) is 3.89. The molecule has 0 saturated heterocycles. The van der Waals surface area contributed by atoms with E-state index in [2.05, 4.69) is 9.71 Å². The molecule has 3 nitrogen and oxygen atoms in total. The van der Waals surface area contributed by atoms with Crippen molar-refractivity contribution in [3.63, 3.8) is 0 Å². The van der Waals surface area contributed by atoms with E-state index in [1.165, 1.54) is 11.9 Å². The van der Waals surface area contributed by atoms with Crippen LogP contribution in [0.5, 0.6) is 0 Å². The molecule has 3 rings (SSSR count).